The van der Waals surface area contributed by atoms with Crippen molar-refractivity contribution >= 4 is 17.3 Å². The van der Waals surface area contributed by atoms with Gasteiger partial charge in [-0.15, -0.1) is 0 Å². The Morgan fingerprint density at radius 1 is 1.08 bits per heavy atom. The molecule has 132 valence electrons. The Bertz CT molecular complexity index is 701. The minimum Gasteiger partial charge on any atom is -0.394 e. The maximum Gasteiger partial charge on any atom is 0.239 e. The van der Waals surface area contributed by atoms with Crippen molar-refractivity contribution in [3.05, 3.63) is 60.2 Å². The molecule has 0 saturated heterocycles. The molecule has 2 aromatic carbocycles. The Balaban J connectivity index is 1.71. The molecule has 0 spiro atoms. The largest absolute Gasteiger partial charge is 0.394 e. The fourth-order valence-corrected chi connectivity index (χ4v) is 3.16. The third kappa shape index (κ3) is 4.12. The zero-order valence-electron chi connectivity index (χ0n) is 14.6. The number of benzene rings is 2. The minimum absolute atomic E-state index is 0.0288. The van der Waals surface area contributed by atoms with Crippen LogP contribution in [0.5, 0.6) is 0 Å². The van der Waals surface area contributed by atoms with E-state index in [1.54, 1.807) is 0 Å². The number of nitrogens with one attached hydrogen (secondary N) is 1. The summed E-state index contributed by atoms with van der Waals surface area (Å²) in [6.45, 7) is 3.70. The topological polar surface area (TPSA) is 55.8 Å². The molecule has 1 amide bonds. The molecule has 0 fully saturated rings. The third-order valence-corrected chi connectivity index (χ3v) is 4.53. The molecule has 2 aromatic rings. The Labute approximate surface area is 148 Å². The van der Waals surface area contributed by atoms with Crippen LogP contribution < -0.4 is 15.1 Å². The number of hydrogen-bond acceptors (Lipinski definition) is 4. The molecule has 1 heterocycles. The predicted octanol–water partition coefficient (Wildman–Crippen LogP) is 2.36. The summed E-state index contributed by atoms with van der Waals surface area (Å²) in [6, 6.07) is 18.3. The number of amides is 1. The summed E-state index contributed by atoms with van der Waals surface area (Å²) in [6.07, 6.45) is 0.721. The number of aliphatic hydroxyl groups is 1. The van der Waals surface area contributed by atoms with Gasteiger partial charge in [0.25, 0.3) is 0 Å². The lowest BCUT2D eigenvalue weighted by molar-refractivity contribution is -0.120. The maximum atomic E-state index is 12.3. The van der Waals surface area contributed by atoms with Gasteiger partial charge in [0, 0.05) is 6.54 Å². The molecule has 3 rings (SSSR count). The molecule has 1 aliphatic heterocycles. The standard InChI is InChI=1S/C20H25N3O2/c1-2-17(14-24)21-20(25)13-23-15-22(12-16-8-4-3-5-9-16)18-10-6-7-11-19(18)23/h3-11,17,24H,2,12-15H2,1H3,(H,21,25)/t17-/m0/s1. The molecule has 0 bridgehead atoms. The predicted molar refractivity (Wildman–Crippen MR) is 101 cm³/mol. The van der Waals surface area contributed by atoms with Crippen LogP contribution in [0.1, 0.15) is 18.9 Å². The second kappa shape index (κ2) is 8.03. The molecule has 2 N–H and O–H groups in total. The summed E-state index contributed by atoms with van der Waals surface area (Å²) in [5, 5.41) is 12.2. The fraction of sp³-hybridized carbons (Fsp3) is 0.350. The quantitative estimate of drug-likeness (QED) is 0.813. The van der Waals surface area contributed by atoms with Crippen LogP contribution in [0.2, 0.25) is 0 Å². The highest BCUT2D eigenvalue weighted by Crippen LogP contribution is 2.36. The highest BCUT2D eigenvalue weighted by molar-refractivity contribution is 5.86. The summed E-state index contributed by atoms with van der Waals surface area (Å²) in [5.41, 5.74) is 3.47. The summed E-state index contributed by atoms with van der Waals surface area (Å²) < 4.78 is 0. The van der Waals surface area contributed by atoms with E-state index in [-0.39, 0.29) is 18.6 Å². The monoisotopic (exact) mass is 339 g/mol. The van der Waals surface area contributed by atoms with Gasteiger partial charge >= 0.3 is 0 Å². The Morgan fingerprint density at radius 3 is 2.36 bits per heavy atom. The minimum atomic E-state index is -0.175. The normalized spacial score (nSPS) is 14.3. The SMILES string of the molecule is CC[C@@H](CO)NC(=O)CN1CN(Cc2ccccc2)c2ccccc21. The van der Waals surface area contributed by atoms with Gasteiger partial charge in [0.1, 0.15) is 0 Å². The van der Waals surface area contributed by atoms with Crippen LogP contribution in [0.25, 0.3) is 0 Å². The van der Waals surface area contributed by atoms with Gasteiger partial charge in [0.05, 0.1) is 37.2 Å². The lowest BCUT2D eigenvalue weighted by Crippen LogP contribution is -2.44. The van der Waals surface area contributed by atoms with Crippen molar-refractivity contribution in [3.8, 4) is 0 Å². The van der Waals surface area contributed by atoms with Crippen LogP contribution in [0.15, 0.2) is 54.6 Å². The molecule has 0 aromatic heterocycles. The van der Waals surface area contributed by atoms with E-state index in [1.807, 2.05) is 37.3 Å². The highest BCUT2D eigenvalue weighted by atomic mass is 16.3. The van der Waals surface area contributed by atoms with Crippen molar-refractivity contribution in [2.45, 2.75) is 25.9 Å². The van der Waals surface area contributed by atoms with Gasteiger partial charge in [-0.05, 0) is 24.1 Å². The van der Waals surface area contributed by atoms with E-state index in [4.69, 9.17) is 0 Å². The Morgan fingerprint density at radius 2 is 1.72 bits per heavy atom. The molecule has 5 heteroatoms. The van der Waals surface area contributed by atoms with Crippen LogP contribution in [-0.2, 0) is 11.3 Å². The molecule has 0 unspecified atom stereocenters. The van der Waals surface area contributed by atoms with Gasteiger partial charge in [-0.1, -0.05) is 49.4 Å². The molecular formula is C20H25N3O2. The first kappa shape index (κ1) is 17.3. The number of nitrogens with zero attached hydrogens (tertiary/aromatic N) is 2. The highest BCUT2D eigenvalue weighted by Gasteiger charge is 2.27. The maximum absolute atomic E-state index is 12.3. The number of hydrogen-bond donors (Lipinski definition) is 2. The number of rotatable bonds is 7. The molecule has 0 aliphatic carbocycles. The van der Waals surface area contributed by atoms with E-state index in [0.29, 0.717) is 13.2 Å². The van der Waals surface area contributed by atoms with E-state index in [2.05, 4.69) is 39.4 Å². The van der Waals surface area contributed by atoms with Crippen molar-refractivity contribution in [2.75, 3.05) is 29.6 Å². The first-order valence-electron chi connectivity index (χ1n) is 8.74. The number of anilines is 2. The van der Waals surface area contributed by atoms with Crippen molar-refractivity contribution in [1.82, 2.24) is 5.32 Å². The number of fused-ring (bicyclic) bond motifs is 1. The first-order valence-corrected chi connectivity index (χ1v) is 8.74. The van der Waals surface area contributed by atoms with Crippen molar-refractivity contribution in [1.29, 1.82) is 0 Å². The van der Waals surface area contributed by atoms with Crippen molar-refractivity contribution in [2.24, 2.45) is 0 Å². The summed E-state index contributed by atoms with van der Waals surface area (Å²) in [4.78, 5) is 16.7. The second-order valence-corrected chi connectivity index (χ2v) is 6.37. The molecule has 5 nitrogen and oxygen atoms in total. The van der Waals surface area contributed by atoms with Crippen LogP contribution in [-0.4, -0.2) is 36.9 Å². The molecule has 1 aliphatic rings. The fourth-order valence-electron chi connectivity index (χ4n) is 3.16. The smallest absolute Gasteiger partial charge is 0.239 e. The second-order valence-electron chi connectivity index (χ2n) is 6.37. The zero-order chi connectivity index (χ0) is 17.6. The number of para-hydroxylation sites is 2. The zero-order valence-corrected chi connectivity index (χ0v) is 14.6. The van der Waals surface area contributed by atoms with E-state index in [9.17, 15) is 9.90 Å². The van der Waals surface area contributed by atoms with Gasteiger partial charge in [-0.3, -0.25) is 4.79 Å². The molecule has 0 radical (unpaired) electrons. The lowest BCUT2D eigenvalue weighted by Gasteiger charge is -2.22. The van der Waals surface area contributed by atoms with Crippen molar-refractivity contribution in [3.63, 3.8) is 0 Å². The van der Waals surface area contributed by atoms with Gasteiger partial charge in [0.15, 0.2) is 0 Å². The Kier molecular flexibility index (Phi) is 5.56. The molecule has 1 atom stereocenters. The van der Waals surface area contributed by atoms with E-state index in [0.717, 1.165) is 24.3 Å². The summed E-state index contributed by atoms with van der Waals surface area (Å²) in [7, 11) is 0. The summed E-state index contributed by atoms with van der Waals surface area (Å²) >= 11 is 0. The molecular weight excluding hydrogens is 314 g/mol. The third-order valence-electron chi connectivity index (χ3n) is 4.53. The van der Waals surface area contributed by atoms with Crippen LogP contribution in [0.3, 0.4) is 0 Å². The van der Waals surface area contributed by atoms with Gasteiger partial charge < -0.3 is 20.2 Å². The number of aliphatic hydroxyl groups excluding tert-OH is 1. The Hall–Kier alpha value is -2.53. The van der Waals surface area contributed by atoms with E-state index < -0.39 is 0 Å². The van der Waals surface area contributed by atoms with E-state index >= 15 is 0 Å². The average molecular weight is 339 g/mol. The van der Waals surface area contributed by atoms with Gasteiger partial charge in [-0.25, -0.2) is 0 Å². The molecule has 25 heavy (non-hydrogen) atoms. The van der Waals surface area contributed by atoms with Crippen LogP contribution in [0, 0.1) is 0 Å². The van der Waals surface area contributed by atoms with Crippen LogP contribution in [0.4, 0.5) is 11.4 Å². The van der Waals surface area contributed by atoms with Gasteiger partial charge in [0.2, 0.25) is 5.91 Å². The number of carbonyl (C=O) groups excluding carboxylic acids is 1. The molecule has 0 saturated carbocycles. The van der Waals surface area contributed by atoms with Crippen molar-refractivity contribution < 1.29 is 9.90 Å². The van der Waals surface area contributed by atoms with E-state index in [1.165, 1.54) is 5.56 Å². The summed E-state index contributed by atoms with van der Waals surface area (Å²) in [5.74, 6) is -0.0581. The average Bonchev–Trinajstić information content (AvgIpc) is 2.98. The van der Waals surface area contributed by atoms with Gasteiger partial charge in [-0.2, -0.15) is 0 Å². The lowest BCUT2D eigenvalue weighted by atomic mass is 10.2. The number of carbonyl (C=O) groups is 1. The first-order chi connectivity index (χ1) is 12.2. The van der Waals surface area contributed by atoms with Crippen LogP contribution >= 0.6 is 0 Å².